The van der Waals surface area contributed by atoms with Crippen molar-refractivity contribution in [3.63, 3.8) is 0 Å². The predicted molar refractivity (Wildman–Crippen MR) is 84.1 cm³/mol. The number of aromatic nitrogens is 2. The molecule has 0 radical (unpaired) electrons. The Kier molecular flexibility index (Phi) is 5.29. The van der Waals surface area contributed by atoms with Crippen LogP contribution in [0.15, 0.2) is 41.8 Å². The molecular weight excluding hydrogens is 328 g/mol. The molecule has 2 aromatic rings. The summed E-state index contributed by atoms with van der Waals surface area (Å²) in [5.74, 6) is -0.347. The molecule has 22 heavy (non-hydrogen) atoms. The van der Waals surface area contributed by atoms with Crippen LogP contribution in [0.3, 0.4) is 0 Å². The number of nitro groups is 1. The third kappa shape index (κ3) is 4.15. The Hall–Kier alpha value is -2.19. The monoisotopic (exact) mass is 338 g/mol. The van der Waals surface area contributed by atoms with Gasteiger partial charge in [0.25, 0.3) is 5.69 Å². The molecule has 0 saturated carbocycles. The van der Waals surface area contributed by atoms with Crippen LogP contribution < -0.4 is 5.32 Å². The van der Waals surface area contributed by atoms with Gasteiger partial charge >= 0.3 is 0 Å². The molecule has 0 saturated heterocycles. The summed E-state index contributed by atoms with van der Waals surface area (Å²) in [4.78, 5) is 30.4. The second-order valence-electron chi connectivity index (χ2n) is 4.20. The van der Waals surface area contributed by atoms with E-state index in [1.165, 1.54) is 30.0 Å². The van der Waals surface area contributed by atoms with Gasteiger partial charge in [-0.05, 0) is 19.1 Å². The number of hydrogen-bond donors (Lipinski definition) is 1. The fraction of sp³-hybridized carbons (Fsp3) is 0.154. The van der Waals surface area contributed by atoms with Gasteiger partial charge in [-0.25, -0.2) is 9.97 Å². The molecule has 0 aliphatic carbocycles. The van der Waals surface area contributed by atoms with Gasteiger partial charge in [-0.2, -0.15) is 0 Å². The van der Waals surface area contributed by atoms with Crippen molar-refractivity contribution in [2.45, 2.75) is 17.3 Å². The number of nitro benzene ring substituents is 1. The number of nitrogens with one attached hydrogen (secondary N) is 1. The van der Waals surface area contributed by atoms with Crippen molar-refractivity contribution in [2.75, 3.05) is 5.32 Å². The smallest absolute Gasteiger partial charge is 0.271 e. The van der Waals surface area contributed by atoms with Crippen molar-refractivity contribution in [2.24, 2.45) is 0 Å². The van der Waals surface area contributed by atoms with Crippen LogP contribution in [-0.4, -0.2) is 26.0 Å². The number of carbonyl (C=O) groups excluding carboxylic acids is 1. The first-order valence-electron chi connectivity index (χ1n) is 6.16. The van der Waals surface area contributed by atoms with E-state index < -0.39 is 10.2 Å². The standard InChI is InChI=1S/C13H11ClN4O3S/c1-8(22-13-15-5-2-6-16-13)12(19)17-11-7-9(18(20)21)3-4-10(11)14/h2-8H,1H3,(H,17,19)/t8-/m1/s1. The normalized spacial score (nSPS) is 11.7. The molecular formula is C13H11ClN4O3S. The highest BCUT2D eigenvalue weighted by atomic mass is 35.5. The molecule has 0 spiro atoms. The average Bonchev–Trinajstić information content (AvgIpc) is 2.50. The zero-order chi connectivity index (χ0) is 16.1. The van der Waals surface area contributed by atoms with Crippen molar-refractivity contribution >= 4 is 40.6 Å². The van der Waals surface area contributed by atoms with Crippen LogP contribution in [0.2, 0.25) is 5.02 Å². The van der Waals surface area contributed by atoms with Crippen LogP contribution in [0.25, 0.3) is 0 Å². The van der Waals surface area contributed by atoms with E-state index >= 15 is 0 Å². The Morgan fingerprint density at radius 3 is 2.73 bits per heavy atom. The van der Waals surface area contributed by atoms with E-state index in [0.29, 0.717) is 5.16 Å². The molecule has 1 aromatic carbocycles. The van der Waals surface area contributed by atoms with E-state index in [2.05, 4.69) is 15.3 Å². The lowest BCUT2D eigenvalue weighted by molar-refractivity contribution is -0.384. The maximum Gasteiger partial charge on any atom is 0.271 e. The van der Waals surface area contributed by atoms with Crippen LogP contribution >= 0.6 is 23.4 Å². The number of non-ortho nitro benzene ring substituents is 1. The van der Waals surface area contributed by atoms with Crippen LogP contribution in [-0.2, 0) is 4.79 Å². The lowest BCUT2D eigenvalue weighted by atomic mass is 10.2. The summed E-state index contributed by atoms with van der Waals surface area (Å²) in [6.45, 7) is 1.68. The van der Waals surface area contributed by atoms with Crippen molar-refractivity contribution in [3.8, 4) is 0 Å². The third-order valence-corrected chi connectivity index (χ3v) is 3.93. The summed E-state index contributed by atoms with van der Waals surface area (Å²) in [6.07, 6.45) is 3.16. The van der Waals surface area contributed by atoms with Crippen molar-refractivity contribution in [3.05, 3.63) is 51.8 Å². The van der Waals surface area contributed by atoms with Gasteiger partial charge in [-0.1, -0.05) is 23.4 Å². The molecule has 114 valence electrons. The fourth-order valence-electron chi connectivity index (χ4n) is 1.51. The van der Waals surface area contributed by atoms with Crippen molar-refractivity contribution in [1.82, 2.24) is 9.97 Å². The number of amides is 1. The van der Waals surface area contributed by atoms with Gasteiger partial charge in [0.2, 0.25) is 5.91 Å². The van der Waals surface area contributed by atoms with Gasteiger partial charge in [0, 0.05) is 24.5 Å². The highest BCUT2D eigenvalue weighted by molar-refractivity contribution is 8.00. The molecule has 2 rings (SSSR count). The van der Waals surface area contributed by atoms with Gasteiger partial charge in [-0.15, -0.1) is 0 Å². The summed E-state index contributed by atoms with van der Waals surface area (Å²) in [5.41, 5.74) is 0.0497. The molecule has 0 aliphatic rings. The second-order valence-corrected chi connectivity index (χ2v) is 5.92. The van der Waals surface area contributed by atoms with Gasteiger partial charge in [0.15, 0.2) is 5.16 Å². The average molecular weight is 339 g/mol. The number of halogens is 1. The molecule has 0 fully saturated rings. The number of carbonyl (C=O) groups is 1. The Labute approximate surface area is 135 Å². The summed E-state index contributed by atoms with van der Waals surface area (Å²) >= 11 is 7.12. The van der Waals surface area contributed by atoms with Gasteiger partial charge in [0.1, 0.15) is 0 Å². The first kappa shape index (κ1) is 16.2. The van der Waals surface area contributed by atoms with E-state index in [9.17, 15) is 14.9 Å². The van der Waals surface area contributed by atoms with Gasteiger partial charge in [0.05, 0.1) is 20.9 Å². The minimum Gasteiger partial charge on any atom is -0.324 e. The van der Waals surface area contributed by atoms with E-state index in [0.717, 1.165) is 0 Å². The molecule has 7 nitrogen and oxygen atoms in total. The van der Waals surface area contributed by atoms with Crippen LogP contribution in [0.1, 0.15) is 6.92 Å². The number of benzene rings is 1. The molecule has 0 bridgehead atoms. The van der Waals surface area contributed by atoms with Crippen molar-refractivity contribution < 1.29 is 9.72 Å². The maximum absolute atomic E-state index is 12.1. The minimum atomic E-state index is -0.554. The maximum atomic E-state index is 12.1. The largest absolute Gasteiger partial charge is 0.324 e. The highest BCUT2D eigenvalue weighted by Crippen LogP contribution is 2.28. The SMILES string of the molecule is C[C@@H](Sc1ncccn1)C(=O)Nc1cc([N+](=O)[O-])ccc1Cl. The van der Waals surface area contributed by atoms with Crippen LogP contribution in [0.5, 0.6) is 0 Å². The second kappa shape index (κ2) is 7.19. The molecule has 1 heterocycles. The number of hydrogen-bond acceptors (Lipinski definition) is 6. The van der Waals surface area contributed by atoms with Crippen LogP contribution in [0, 0.1) is 10.1 Å². The fourth-order valence-corrected chi connectivity index (χ4v) is 2.41. The lowest BCUT2D eigenvalue weighted by Gasteiger charge is -2.11. The summed E-state index contributed by atoms with van der Waals surface area (Å²) < 4.78 is 0. The van der Waals surface area contributed by atoms with E-state index in [1.807, 2.05) is 0 Å². The minimum absolute atomic E-state index is 0.147. The van der Waals surface area contributed by atoms with Crippen LogP contribution in [0.4, 0.5) is 11.4 Å². The number of rotatable bonds is 5. The summed E-state index contributed by atoms with van der Waals surface area (Å²) in [7, 11) is 0. The third-order valence-electron chi connectivity index (χ3n) is 2.61. The Balaban J connectivity index is 2.08. The lowest BCUT2D eigenvalue weighted by Crippen LogP contribution is -2.22. The first-order chi connectivity index (χ1) is 10.5. The van der Waals surface area contributed by atoms with E-state index in [-0.39, 0.29) is 22.3 Å². The van der Waals surface area contributed by atoms with Crippen molar-refractivity contribution in [1.29, 1.82) is 0 Å². The molecule has 1 amide bonds. The van der Waals surface area contributed by atoms with Gasteiger partial charge in [-0.3, -0.25) is 14.9 Å². The molecule has 0 aliphatic heterocycles. The quantitative estimate of drug-likeness (QED) is 0.389. The molecule has 1 atom stereocenters. The Morgan fingerprint density at radius 2 is 2.09 bits per heavy atom. The summed E-state index contributed by atoms with van der Waals surface area (Å²) in [5, 5.41) is 13.5. The number of anilines is 1. The highest BCUT2D eigenvalue weighted by Gasteiger charge is 2.18. The molecule has 1 aromatic heterocycles. The Bertz CT molecular complexity index is 699. The molecule has 1 N–H and O–H groups in total. The summed E-state index contributed by atoms with van der Waals surface area (Å²) in [6, 6.07) is 5.54. The first-order valence-corrected chi connectivity index (χ1v) is 7.41. The molecule has 9 heteroatoms. The topological polar surface area (TPSA) is 98.0 Å². The Morgan fingerprint density at radius 1 is 1.41 bits per heavy atom. The zero-order valence-corrected chi connectivity index (χ0v) is 13.0. The van der Waals surface area contributed by atoms with E-state index in [4.69, 9.17) is 11.6 Å². The van der Waals surface area contributed by atoms with Gasteiger partial charge < -0.3 is 5.32 Å². The predicted octanol–water partition coefficient (Wildman–Crippen LogP) is 3.16. The zero-order valence-electron chi connectivity index (χ0n) is 11.4. The number of thioether (sulfide) groups is 1. The molecule has 0 unspecified atom stereocenters. The number of nitrogens with zero attached hydrogens (tertiary/aromatic N) is 3. The van der Waals surface area contributed by atoms with E-state index in [1.54, 1.807) is 25.4 Å².